The molecule has 0 bridgehead atoms. The van der Waals surface area contributed by atoms with E-state index in [0.29, 0.717) is 12.6 Å². The molecular weight excluding hydrogens is 376 g/mol. The van der Waals surface area contributed by atoms with Gasteiger partial charge in [0.2, 0.25) is 0 Å². The zero-order chi connectivity index (χ0) is 17.0. The van der Waals surface area contributed by atoms with E-state index in [1.807, 2.05) is 25.7 Å². The number of nitrogens with one attached hydrogen (secondary N) is 1. The minimum atomic E-state index is -0.442. The van der Waals surface area contributed by atoms with Gasteiger partial charge in [-0.05, 0) is 68.6 Å². The van der Waals surface area contributed by atoms with Gasteiger partial charge in [-0.15, -0.1) is 11.3 Å². The van der Waals surface area contributed by atoms with Gasteiger partial charge in [0.1, 0.15) is 5.60 Å². The van der Waals surface area contributed by atoms with Crippen LogP contribution in [0.2, 0.25) is 0 Å². The van der Waals surface area contributed by atoms with E-state index in [2.05, 4.69) is 40.3 Å². The molecule has 130 valence electrons. The summed E-state index contributed by atoms with van der Waals surface area (Å²) in [5.74, 6) is 0. The summed E-state index contributed by atoms with van der Waals surface area (Å²) in [6.45, 7) is 9.42. The fourth-order valence-electron chi connectivity index (χ4n) is 2.77. The zero-order valence-electron chi connectivity index (χ0n) is 14.4. The number of hydrogen-bond acceptors (Lipinski definition) is 4. The average Bonchev–Trinajstić information content (AvgIpc) is 2.73. The molecule has 2 rings (SSSR count). The quantitative estimate of drug-likeness (QED) is 0.777. The predicted molar refractivity (Wildman–Crippen MR) is 99.0 cm³/mol. The summed E-state index contributed by atoms with van der Waals surface area (Å²) in [7, 11) is 0. The third kappa shape index (κ3) is 6.08. The van der Waals surface area contributed by atoms with Crippen molar-refractivity contribution in [3.8, 4) is 0 Å². The third-order valence-corrected chi connectivity index (χ3v) is 5.64. The summed E-state index contributed by atoms with van der Waals surface area (Å²) in [5.41, 5.74) is -0.442. The molecule has 6 heteroatoms. The van der Waals surface area contributed by atoms with Gasteiger partial charge in [0.05, 0.1) is 3.79 Å². The highest BCUT2D eigenvalue weighted by molar-refractivity contribution is 9.11. The van der Waals surface area contributed by atoms with Crippen molar-refractivity contribution in [2.45, 2.75) is 64.6 Å². The summed E-state index contributed by atoms with van der Waals surface area (Å²) in [6, 6.07) is 4.82. The number of ether oxygens (including phenoxy) is 1. The van der Waals surface area contributed by atoms with Gasteiger partial charge in [-0.25, -0.2) is 4.79 Å². The first-order chi connectivity index (χ1) is 10.7. The number of likely N-dealkylation sites (tertiary alicyclic amines) is 1. The van der Waals surface area contributed by atoms with E-state index in [4.69, 9.17) is 4.74 Å². The molecular formula is C17H27BrN2O2S. The normalized spacial score (nSPS) is 20.9. The molecule has 1 amide bonds. The number of carbonyl (C=O) groups is 1. The summed E-state index contributed by atoms with van der Waals surface area (Å²) in [5, 5.41) is 3.68. The SMILES string of the molecule is CC(NC1CCCCN(C(=O)OC(C)(C)C)C1)c1ccc(Br)s1. The number of amides is 1. The topological polar surface area (TPSA) is 41.6 Å². The van der Waals surface area contributed by atoms with Gasteiger partial charge >= 0.3 is 6.09 Å². The molecule has 2 unspecified atom stereocenters. The van der Waals surface area contributed by atoms with Crippen molar-refractivity contribution in [1.29, 1.82) is 0 Å². The maximum atomic E-state index is 12.3. The number of carbonyl (C=O) groups excluding carboxylic acids is 1. The van der Waals surface area contributed by atoms with Crippen molar-refractivity contribution in [3.63, 3.8) is 0 Å². The molecule has 23 heavy (non-hydrogen) atoms. The largest absolute Gasteiger partial charge is 0.444 e. The highest BCUT2D eigenvalue weighted by Crippen LogP contribution is 2.28. The Balaban J connectivity index is 1.95. The van der Waals surface area contributed by atoms with Crippen LogP contribution in [0.5, 0.6) is 0 Å². The summed E-state index contributed by atoms with van der Waals surface area (Å²) in [4.78, 5) is 15.5. The van der Waals surface area contributed by atoms with Crippen molar-refractivity contribution in [2.24, 2.45) is 0 Å². The van der Waals surface area contributed by atoms with Crippen LogP contribution in [-0.4, -0.2) is 35.7 Å². The molecule has 1 aliphatic heterocycles. The minimum absolute atomic E-state index is 0.197. The summed E-state index contributed by atoms with van der Waals surface area (Å²) in [6.07, 6.45) is 3.07. The van der Waals surface area contributed by atoms with Crippen molar-refractivity contribution >= 4 is 33.4 Å². The van der Waals surface area contributed by atoms with Gasteiger partial charge in [0.15, 0.2) is 0 Å². The second-order valence-corrected chi connectivity index (χ2v) is 9.64. The van der Waals surface area contributed by atoms with Crippen LogP contribution >= 0.6 is 27.3 Å². The molecule has 1 aromatic rings. The van der Waals surface area contributed by atoms with Crippen LogP contribution in [0.3, 0.4) is 0 Å². The number of hydrogen-bond donors (Lipinski definition) is 1. The molecule has 1 fully saturated rings. The lowest BCUT2D eigenvalue weighted by Gasteiger charge is -2.29. The van der Waals surface area contributed by atoms with Gasteiger partial charge in [-0.3, -0.25) is 0 Å². The van der Waals surface area contributed by atoms with Crippen molar-refractivity contribution in [1.82, 2.24) is 10.2 Å². The van der Waals surface area contributed by atoms with Crippen LogP contribution in [-0.2, 0) is 4.74 Å². The molecule has 0 saturated carbocycles. The van der Waals surface area contributed by atoms with E-state index in [1.54, 1.807) is 11.3 Å². The smallest absolute Gasteiger partial charge is 0.410 e. The molecule has 1 aliphatic rings. The molecule has 1 aromatic heterocycles. The van der Waals surface area contributed by atoms with Gasteiger partial charge < -0.3 is 15.0 Å². The standard InChI is InChI=1S/C17H27BrN2O2S/c1-12(14-8-9-15(18)23-14)19-13-7-5-6-10-20(11-13)16(21)22-17(2,3)4/h8-9,12-13,19H,5-7,10-11H2,1-4H3. The third-order valence-electron chi connectivity index (χ3n) is 3.83. The highest BCUT2D eigenvalue weighted by atomic mass is 79.9. The maximum Gasteiger partial charge on any atom is 0.410 e. The van der Waals surface area contributed by atoms with E-state index < -0.39 is 5.60 Å². The minimum Gasteiger partial charge on any atom is -0.444 e. The van der Waals surface area contributed by atoms with Gasteiger partial charge in [-0.1, -0.05) is 6.42 Å². The fraction of sp³-hybridized carbons (Fsp3) is 0.706. The van der Waals surface area contributed by atoms with E-state index in [9.17, 15) is 4.79 Å². The van der Waals surface area contributed by atoms with E-state index in [-0.39, 0.29) is 12.1 Å². The van der Waals surface area contributed by atoms with Crippen molar-refractivity contribution < 1.29 is 9.53 Å². The molecule has 0 radical (unpaired) electrons. The van der Waals surface area contributed by atoms with Crippen LogP contribution in [0.4, 0.5) is 4.79 Å². The Labute approximate surface area is 151 Å². The average molecular weight is 403 g/mol. The van der Waals surface area contributed by atoms with E-state index in [0.717, 1.165) is 29.6 Å². The Hall–Kier alpha value is -0.590. The first kappa shape index (κ1) is 18.7. The summed E-state index contributed by atoms with van der Waals surface area (Å²) < 4.78 is 6.68. The molecule has 0 aliphatic carbocycles. The monoisotopic (exact) mass is 402 g/mol. The van der Waals surface area contributed by atoms with Crippen LogP contribution < -0.4 is 5.32 Å². The molecule has 0 spiro atoms. The van der Waals surface area contributed by atoms with Crippen LogP contribution in [0.25, 0.3) is 0 Å². The summed E-state index contributed by atoms with van der Waals surface area (Å²) >= 11 is 5.27. The Kier molecular flexibility index (Phi) is 6.51. The second-order valence-electron chi connectivity index (χ2n) is 7.15. The van der Waals surface area contributed by atoms with Crippen LogP contribution in [0.1, 0.15) is 57.9 Å². The van der Waals surface area contributed by atoms with Gasteiger partial charge in [0, 0.05) is 30.1 Å². The Morgan fingerprint density at radius 3 is 2.78 bits per heavy atom. The van der Waals surface area contributed by atoms with Gasteiger partial charge in [0.25, 0.3) is 0 Å². The lowest BCUT2D eigenvalue weighted by Crippen LogP contribution is -2.44. The number of rotatable bonds is 3. The second kappa shape index (κ2) is 7.99. The Bertz CT molecular complexity index is 527. The predicted octanol–water partition coefficient (Wildman–Crippen LogP) is 4.95. The molecule has 2 atom stereocenters. The molecule has 1 N–H and O–H groups in total. The maximum absolute atomic E-state index is 12.3. The number of thiophene rings is 1. The first-order valence-electron chi connectivity index (χ1n) is 8.24. The Morgan fingerprint density at radius 1 is 1.43 bits per heavy atom. The lowest BCUT2D eigenvalue weighted by atomic mass is 10.1. The Morgan fingerprint density at radius 2 is 2.17 bits per heavy atom. The van der Waals surface area contributed by atoms with E-state index >= 15 is 0 Å². The van der Waals surface area contributed by atoms with E-state index in [1.165, 1.54) is 4.88 Å². The zero-order valence-corrected chi connectivity index (χ0v) is 16.8. The number of halogens is 1. The fourth-order valence-corrected chi connectivity index (χ4v) is 4.20. The molecule has 2 heterocycles. The van der Waals surface area contributed by atoms with Crippen LogP contribution in [0, 0.1) is 0 Å². The van der Waals surface area contributed by atoms with Gasteiger partial charge in [-0.2, -0.15) is 0 Å². The molecule has 1 saturated heterocycles. The van der Waals surface area contributed by atoms with Crippen molar-refractivity contribution in [2.75, 3.05) is 13.1 Å². The molecule has 4 nitrogen and oxygen atoms in total. The first-order valence-corrected chi connectivity index (χ1v) is 9.85. The highest BCUT2D eigenvalue weighted by Gasteiger charge is 2.27. The van der Waals surface area contributed by atoms with Crippen molar-refractivity contribution in [3.05, 3.63) is 20.8 Å². The lowest BCUT2D eigenvalue weighted by molar-refractivity contribution is 0.0242. The van der Waals surface area contributed by atoms with Crippen LogP contribution in [0.15, 0.2) is 15.9 Å². The molecule has 0 aromatic carbocycles. The number of nitrogens with zero attached hydrogens (tertiary/aromatic N) is 1.